The van der Waals surface area contributed by atoms with E-state index in [2.05, 4.69) is 19.2 Å². The second-order valence-electron chi connectivity index (χ2n) is 7.11. The zero-order chi connectivity index (χ0) is 17.7. The molecular weight excluding hydrogens is 358 g/mol. The number of hydrogen-bond acceptors (Lipinski definition) is 4. The van der Waals surface area contributed by atoms with E-state index in [1.54, 1.807) is 0 Å². The Morgan fingerprint density at radius 3 is 2.52 bits per heavy atom. The van der Waals surface area contributed by atoms with Crippen LogP contribution in [0.3, 0.4) is 0 Å². The number of aryl methyl sites for hydroxylation is 1. The number of amides is 2. The van der Waals surface area contributed by atoms with Crippen molar-refractivity contribution in [2.45, 2.75) is 33.2 Å². The third-order valence-electron chi connectivity index (χ3n) is 4.46. The van der Waals surface area contributed by atoms with Crippen molar-refractivity contribution < 1.29 is 9.59 Å². The highest BCUT2D eigenvalue weighted by Gasteiger charge is 2.35. The smallest absolute Gasteiger partial charge is 0.234 e. The van der Waals surface area contributed by atoms with Crippen LogP contribution in [0, 0.1) is 12.3 Å². The van der Waals surface area contributed by atoms with Crippen molar-refractivity contribution in [1.29, 1.82) is 0 Å². The molecule has 1 aromatic rings. The van der Waals surface area contributed by atoms with Crippen LogP contribution in [0.1, 0.15) is 25.8 Å². The minimum Gasteiger partial charge on any atom is -0.341 e. The summed E-state index contributed by atoms with van der Waals surface area (Å²) >= 11 is 1.35. The van der Waals surface area contributed by atoms with Crippen molar-refractivity contribution in [3.05, 3.63) is 29.8 Å². The highest BCUT2D eigenvalue weighted by molar-refractivity contribution is 8.00. The van der Waals surface area contributed by atoms with E-state index in [-0.39, 0.29) is 41.4 Å². The van der Waals surface area contributed by atoms with Gasteiger partial charge in [0.1, 0.15) is 0 Å². The Morgan fingerprint density at radius 2 is 1.92 bits per heavy atom. The largest absolute Gasteiger partial charge is 0.341 e. The fourth-order valence-electron chi connectivity index (χ4n) is 2.74. The van der Waals surface area contributed by atoms with E-state index in [1.165, 1.54) is 11.8 Å². The summed E-state index contributed by atoms with van der Waals surface area (Å²) in [6.45, 7) is 7.59. The van der Waals surface area contributed by atoms with Gasteiger partial charge in [-0.1, -0.05) is 31.5 Å². The van der Waals surface area contributed by atoms with Crippen molar-refractivity contribution in [2.24, 2.45) is 11.1 Å². The van der Waals surface area contributed by atoms with Crippen LogP contribution < -0.4 is 11.1 Å². The molecule has 1 saturated heterocycles. The van der Waals surface area contributed by atoms with Gasteiger partial charge in [-0.15, -0.1) is 24.2 Å². The van der Waals surface area contributed by atoms with Crippen molar-refractivity contribution in [2.75, 3.05) is 29.9 Å². The molecule has 1 fully saturated rings. The standard InChI is InChI=1S/C18H27N3O2S.ClH/c1-13-4-6-14(7-5-13)20-16(22)10-24-11-17(23)21-9-8-15(19)18(2,3)12-21;/h4-7,15H,8-12,19H2,1-3H3,(H,20,22);1H. The van der Waals surface area contributed by atoms with Crippen LogP contribution in [-0.4, -0.2) is 47.4 Å². The summed E-state index contributed by atoms with van der Waals surface area (Å²) in [5.41, 5.74) is 7.98. The Kier molecular flexibility index (Phi) is 8.25. The molecule has 1 aliphatic rings. The second kappa shape index (κ2) is 9.46. The van der Waals surface area contributed by atoms with Gasteiger partial charge in [0.2, 0.25) is 11.8 Å². The molecule has 2 rings (SSSR count). The molecule has 0 aliphatic carbocycles. The van der Waals surface area contributed by atoms with E-state index < -0.39 is 0 Å². The predicted octanol–water partition coefficient (Wildman–Crippen LogP) is 2.67. The molecule has 3 N–H and O–H groups in total. The van der Waals surface area contributed by atoms with Crippen LogP contribution in [-0.2, 0) is 9.59 Å². The van der Waals surface area contributed by atoms with Crippen LogP contribution in [0.25, 0.3) is 0 Å². The van der Waals surface area contributed by atoms with Gasteiger partial charge in [0.25, 0.3) is 0 Å². The Hall–Kier alpha value is -1.24. The van der Waals surface area contributed by atoms with E-state index in [9.17, 15) is 9.59 Å². The third-order valence-corrected chi connectivity index (χ3v) is 5.38. The van der Waals surface area contributed by atoms with Crippen LogP contribution in [0.2, 0.25) is 0 Å². The molecule has 1 heterocycles. The minimum atomic E-state index is -0.0855. The summed E-state index contributed by atoms with van der Waals surface area (Å²) in [6, 6.07) is 7.79. The molecule has 0 saturated carbocycles. The van der Waals surface area contributed by atoms with E-state index in [0.29, 0.717) is 18.8 Å². The van der Waals surface area contributed by atoms with Crippen molar-refractivity contribution in [1.82, 2.24) is 4.90 Å². The quantitative estimate of drug-likeness (QED) is 0.817. The molecule has 7 heteroatoms. The first-order valence-electron chi connectivity index (χ1n) is 8.25. The van der Waals surface area contributed by atoms with Crippen LogP contribution >= 0.6 is 24.2 Å². The van der Waals surface area contributed by atoms with E-state index in [4.69, 9.17) is 5.73 Å². The van der Waals surface area contributed by atoms with Gasteiger partial charge in [-0.3, -0.25) is 9.59 Å². The predicted molar refractivity (Wildman–Crippen MR) is 107 cm³/mol. The van der Waals surface area contributed by atoms with Crippen molar-refractivity contribution in [3.8, 4) is 0 Å². The number of rotatable bonds is 5. The summed E-state index contributed by atoms with van der Waals surface area (Å²) < 4.78 is 0. The Labute approximate surface area is 160 Å². The molecule has 1 atom stereocenters. The number of likely N-dealkylation sites (tertiary alicyclic amines) is 1. The Bertz CT molecular complexity index is 592. The van der Waals surface area contributed by atoms with Crippen molar-refractivity contribution in [3.63, 3.8) is 0 Å². The average molecular weight is 386 g/mol. The molecule has 0 radical (unpaired) electrons. The number of benzene rings is 1. The van der Waals surface area contributed by atoms with Gasteiger partial charge in [0.15, 0.2) is 0 Å². The number of thioether (sulfide) groups is 1. The van der Waals surface area contributed by atoms with E-state index >= 15 is 0 Å². The van der Waals surface area contributed by atoms with Crippen LogP contribution in [0.15, 0.2) is 24.3 Å². The lowest BCUT2D eigenvalue weighted by Gasteiger charge is -2.42. The maximum Gasteiger partial charge on any atom is 0.234 e. The summed E-state index contributed by atoms with van der Waals surface area (Å²) in [7, 11) is 0. The molecule has 0 bridgehead atoms. The number of piperidine rings is 1. The Morgan fingerprint density at radius 1 is 1.28 bits per heavy atom. The topological polar surface area (TPSA) is 75.4 Å². The normalized spacial score (nSPS) is 19.0. The van der Waals surface area contributed by atoms with Crippen molar-refractivity contribution >= 4 is 41.7 Å². The lowest BCUT2D eigenvalue weighted by atomic mass is 9.80. The van der Waals surface area contributed by atoms with Gasteiger partial charge in [0.05, 0.1) is 11.5 Å². The number of halogens is 1. The van der Waals surface area contributed by atoms with Gasteiger partial charge >= 0.3 is 0 Å². The van der Waals surface area contributed by atoms with Gasteiger partial charge < -0.3 is 16.0 Å². The van der Waals surface area contributed by atoms with Gasteiger partial charge in [-0.05, 0) is 30.9 Å². The Balaban J connectivity index is 0.00000312. The SMILES string of the molecule is Cc1ccc(NC(=O)CSCC(=O)N2CCC(N)C(C)(C)C2)cc1.Cl. The molecule has 5 nitrogen and oxygen atoms in total. The number of carbonyl (C=O) groups excluding carboxylic acids is 2. The molecule has 2 amide bonds. The molecule has 25 heavy (non-hydrogen) atoms. The third kappa shape index (κ3) is 6.53. The number of nitrogens with one attached hydrogen (secondary N) is 1. The first kappa shape index (κ1) is 21.8. The maximum atomic E-state index is 12.3. The highest BCUT2D eigenvalue weighted by atomic mass is 35.5. The van der Waals surface area contributed by atoms with Gasteiger partial charge in [0, 0.05) is 24.8 Å². The minimum absolute atomic E-state index is 0. The summed E-state index contributed by atoms with van der Waals surface area (Å²) in [6.07, 6.45) is 0.831. The second-order valence-corrected chi connectivity index (χ2v) is 8.09. The zero-order valence-corrected chi connectivity index (χ0v) is 16.7. The van der Waals surface area contributed by atoms with Gasteiger partial charge in [-0.25, -0.2) is 0 Å². The van der Waals surface area contributed by atoms with E-state index in [1.807, 2.05) is 36.1 Å². The average Bonchev–Trinajstić information content (AvgIpc) is 2.52. The zero-order valence-electron chi connectivity index (χ0n) is 15.1. The molecular formula is C18H28ClN3O2S. The monoisotopic (exact) mass is 385 g/mol. The lowest BCUT2D eigenvalue weighted by molar-refractivity contribution is -0.131. The lowest BCUT2D eigenvalue weighted by Crippen LogP contribution is -2.54. The fraction of sp³-hybridized carbons (Fsp3) is 0.556. The molecule has 0 spiro atoms. The number of nitrogens with two attached hydrogens (primary N) is 1. The van der Waals surface area contributed by atoms with E-state index in [0.717, 1.165) is 17.7 Å². The van der Waals surface area contributed by atoms with Crippen LogP contribution in [0.5, 0.6) is 0 Å². The molecule has 140 valence electrons. The molecule has 1 aliphatic heterocycles. The maximum absolute atomic E-state index is 12.3. The number of carbonyl (C=O) groups is 2. The molecule has 1 unspecified atom stereocenters. The number of nitrogens with zero attached hydrogens (tertiary/aromatic N) is 1. The molecule has 1 aromatic carbocycles. The fourth-order valence-corrected chi connectivity index (χ4v) is 3.46. The molecule has 0 aromatic heterocycles. The number of hydrogen-bond donors (Lipinski definition) is 2. The highest BCUT2D eigenvalue weighted by Crippen LogP contribution is 2.28. The summed E-state index contributed by atoms with van der Waals surface area (Å²) in [5.74, 6) is 0.601. The first-order valence-corrected chi connectivity index (χ1v) is 9.41. The summed E-state index contributed by atoms with van der Waals surface area (Å²) in [5, 5.41) is 2.84. The van der Waals surface area contributed by atoms with Crippen LogP contribution in [0.4, 0.5) is 5.69 Å². The number of anilines is 1. The first-order chi connectivity index (χ1) is 11.3. The summed E-state index contributed by atoms with van der Waals surface area (Å²) in [4.78, 5) is 26.1. The van der Waals surface area contributed by atoms with Gasteiger partial charge in [-0.2, -0.15) is 0 Å².